The average molecular weight is 563 g/mol. The van der Waals surface area contributed by atoms with Gasteiger partial charge in [-0.05, 0) is 42.5 Å². The molecule has 0 aliphatic carbocycles. The summed E-state index contributed by atoms with van der Waals surface area (Å²) in [6.07, 6.45) is 4.21. The number of halogens is 2. The Kier molecular flexibility index (Phi) is 8.28. The summed E-state index contributed by atoms with van der Waals surface area (Å²) >= 11 is 5.94. The lowest BCUT2D eigenvalue weighted by Gasteiger charge is -2.27. The van der Waals surface area contributed by atoms with Crippen LogP contribution in [0.3, 0.4) is 0 Å². The Bertz CT molecular complexity index is 1510. The maximum atomic E-state index is 14.2. The SMILES string of the molecule is O=C(Nc1cc(O)cc(Cl)c1)c1cccc(Nc2ccc(/C=N/Nc3ncc(F)c(N4CCOCC4)n3)nc2)c1. The first-order valence-electron chi connectivity index (χ1n) is 12.2. The summed E-state index contributed by atoms with van der Waals surface area (Å²) < 4.78 is 19.5. The molecule has 0 radical (unpaired) electrons. The van der Waals surface area contributed by atoms with E-state index in [-0.39, 0.29) is 23.4 Å². The van der Waals surface area contributed by atoms with E-state index in [0.29, 0.717) is 59.6 Å². The molecule has 1 fully saturated rings. The zero-order valence-electron chi connectivity index (χ0n) is 21.0. The van der Waals surface area contributed by atoms with Crippen LogP contribution in [0.25, 0.3) is 0 Å². The van der Waals surface area contributed by atoms with Crippen LogP contribution >= 0.6 is 11.6 Å². The molecular weight excluding hydrogens is 539 g/mol. The number of aromatic nitrogens is 3. The Morgan fingerprint density at radius 1 is 1.05 bits per heavy atom. The van der Waals surface area contributed by atoms with E-state index < -0.39 is 5.82 Å². The first-order valence-corrected chi connectivity index (χ1v) is 12.6. The quantitative estimate of drug-likeness (QED) is 0.179. The minimum Gasteiger partial charge on any atom is -0.508 e. The number of benzene rings is 2. The van der Waals surface area contributed by atoms with Crippen molar-refractivity contribution in [1.29, 1.82) is 0 Å². The van der Waals surface area contributed by atoms with Crippen LogP contribution in [0.2, 0.25) is 5.02 Å². The number of hydrazone groups is 1. The van der Waals surface area contributed by atoms with Crippen molar-refractivity contribution < 1.29 is 19.0 Å². The van der Waals surface area contributed by atoms with Gasteiger partial charge < -0.3 is 25.4 Å². The number of phenolic OH excluding ortho intramolecular Hbond substituents is 1. The first-order chi connectivity index (χ1) is 19.4. The van der Waals surface area contributed by atoms with Crippen molar-refractivity contribution in [3.63, 3.8) is 0 Å². The normalized spacial score (nSPS) is 13.3. The number of carbonyl (C=O) groups excluding carboxylic acids is 1. The first kappa shape index (κ1) is 26.8. The molecule has 0 atom stereocenters. The number of nitrogens with zero attached hydrogens (tertiary/aromatic N) is 5. The van der Waals surface area contributed by atoms with Crippen molar-refractivity contribution in [2.45, 2.75) is 0 Å². The molecule has 204 valence electrons. The molecule has 0 unspecified atom stereocenters. The average Bonchev–Trinajstić information content (AvgIpc) is 2.95. The summed E-state index contributed by atoms with van der Waals surface area (Å²) in [5, 5.41) is 20.0. The Labute approximate surface area is 233 Å². The number of rotatable bonds is 8. The van der Waals surface area contributed by atoms with Crippen molar-refractivity contribution in [3.8, 4) is 5.75 Å². The van der Waals surface area contributed by atoms with Crippen LogP contribution in [0.15, 0.2) is 72.1 Å². The Hall–Kier alpha value is -4.81. The highest BCUT2D eigenvalue weighted by molar-refractivity contribution is 6.31. The third kappa shape index (κ3) is 6.98. The van der Waals surface area contributed by atoms with Crippen molar-refractivity contribution in [2.24, 2.45) is 5.10 Å². The molecule has 11 nitrogen and oxygen atoms in total. The van der Waals surface area contributed by atoms with Crippen LogP contribution in [0.5, 0.6) is 5.75 Å². The fourth-order valence-corrected chi connectivity index (χ4v) is 4.10. The van der Waals surface area contributed by atoms with Gasteiger partial charge in [-0.1, -0.05) is 17.7 Å². The second kappa shape index (κ2) is 12.4. The van der Waals surface area contributed by atoms with E-state index in [0.717, 1.165) is 6.20 Å². The number of ether oxygens (including phenoxy) is 1. The van der Waals surface area contributed by atoms with Crippen molar-refractivity contribution in [2.75, 3.05) is 47.3 Å². The number of hydrogen-bond donors (Lipinski definition) is 4. The van der Waals surface area contributed by atoms with Crippen LogP contribution in [0, 0.1) is 5.82 Å². The number of carbonyl (C=O) groups is 1. The number of phenols is 1. The molecule has 4 N–H and O–H groups in total. The van der Waals surface area contributed by atoms with E-state index >= 15 is 0 Å². The molecule has 13 heteroatoms. The van der Waals surface area contributed by atoms with Gasteiger partial charge in [0.2, 0.25) is 5.95 Å². The summed E-state index contributed by atoms with van der Waals surface area (Å²) in [7, 11) is 0. The Morgan fingerprint density at radius 2 is 1.90 bits per heavy atom. The molecule has 1 aliphatic heterocycles. The Balaban J connectivity index is 1.18. The lowest BCUT2D eigenvalue weighted by atomic mass is 10.1. The van der Waals surface area contributed by atoms with Crippen molar-refractivity contribution in [3.05, 3.63) is 89.1 Å². The molecule has 0 bridgehead atoms. The van der Waals surface area contributed by atoms with E-state index in [1.54, 1.807) is 47.5 Å². The molecule has 5 rings (SSSR count). The van der Waals surface area contributed by atoms with Gasteiger partial charge in [0.1, 0.15) is 5.75 Å². The molecule has 1 aliphatic rings. The molecule has 1 amide bonds. The molecule has 2 aromatic heterocycles. The van der Waals surface area contributed by atoms with E-state index in [1.165, 1.54) is 18.3 Å². The van der Waals surface area contributed by atoms with Crippen molar-refractivity contribution in [1.82, 2.24) is 15.0 Å². The Morgan fingerprint density at radius 3 is 2.67 bits per heavy atom. The van der Waals surface area contributed by atoms with Crippen molar-refractivity contribution >= 4 is 52.6 Å². The van der Waals surface area contributed by atoms with Gasteiger partial charge in [0.25, 0.3) is 5.91 Å². The summed E-state index contributed by atoms with van der Waals surface area (Å²) in [6, 6.07) is 14.8. The monoisotopic (exact) mass is 562 g/mol. The van der Waals surface area contributed by atoms with Gasteiger partial charge in [0.05, 0.1) is 43.2 Å². The van der Waals surface area contributed by atoms with Gasteiger partial charge >= 0.3 is 0 Å². The highest BCUT2D eigenvalue weighted by atomic mass is 35.5. The lowest BCUT2D eigenvalue weighted by molar-refractivity contribution is 0.102. The minimum absolute atomic E-state index is 0.0447. The summed E-state index contributed by atoms with van der Waals surface area (Å²) in [5.74, 6) is -0.543. The summed E-state index contributed by atoms with van der Waals surface area (Å²) in [5.41, 5.74) is 5.43. The second-order valence-electron chi connectivity index (χ2n) is 8.66. The fraction of sp³-hybridized carbons (Fsp3) is 0.148. The third-order valence-corrected chi connectivity index (χ3v) is 5.96. The van der Waals surface area contributed by atoms with Crippen LogP contribution < -0.4 is 21.0 Å². The number of hydrogen-bond acceptors (Lipinski definition) is 10. The standard InChI is InChI=1S/C27H24ClFN8O3/c28-18-11-22(13-23(38)12-18)34-26(39)17-2-1-3-19(10-17)33-21-5-4-20(30-14-21)15-32-36-27-31-16-24(29)25(35-27)37-6-8-40-9-7-37/h1-5,10-16,33,38H,6-9H2,(H,34,39)(H,31,35,36)/b32-15+. The molecule has 0 saturated carbocycles. The van der Waals surface area contributed by atoms with Gasteiger partial charge in [-0.15, -0.1) is 0 Å². The minimum atomic E-state index is -0.506. The zero-order valence-corrected chi connectivity index (χ0v) is 21.8. The number of morpholine rings is 1. The molecule has 0 spiro atoms. The van der Waals surface area contributed by atoms with Crippen LogP contribution in [-0.4, -0.2) is 58.5 Å². The van der Waals surface area contributed by atoms with Crippen LogP contribution in [0.1, 0.15) is 16.1 Å². The molecule has 40 heavy (non-hydrogen) atoms. The number of anilines is 5. The molecule has 3 heterocycles. The zero-order chi connectivity index (χ0) is 27.9. The van der Waals surface area contributed by atoms with E-state index in [9.17, 15) is 14.3 Å². The van der Waals surface area contributed by atoms with E-state index in [1.807, 2.05) is 6.07 Å². The van der Waals surface area contributed by atoms with Crippen LogP contribution in [0.4, 0.5) is 33.2 Å². The predicted octanol–water partition coefficient (Wildman–Crippen LogP) is 4.65. The highest BCUT2D eigenvalue weighted by Gasteiger charge is 2.17. The second-order valence-corrected chi connectivity index (χ2v) is 9.10. The fourth-order valence-electron chi connectivity index (χ4n) is 3.88. The molecule has 4 aromatic rings. The smallest absolute Gasteiger partial charge is 0.255 e. The maximum absolute atomic E-state index is 14.2. The number of amides is 1. The molecule has 1 saturated heterocycles. The number of nitrogens with one attached hydrogen (secondary N) is 3. The molecular formula is C27H24ClFN8O3. The number of pyridine rings is 1. The molecule has 2 aromatic carbocycles. The van der Waals surface area contributed by atoms with E-state index in [2.05, 4.69) is 36.1 Å². The van der Waals surface area contributed by atoms with Gasteiger partial charge in [0, 0.05) is 41.1 Å². The van der Waals surface area contributed by atoms with E-state index in [4.69, 9.17) is 16.3 Å². The topological polar surface area (TPSA) is 137 Å². The predicted molar refractivity (Wildman–Crippen MR) is 151 cm³/mol. The van der Waals surface area contributed by atoms with Crippen LogP contribution in [-0.2, 0) is 4.74 Å². The number of aromatic hydroxyl groups is 1. The largest absolute Gasteiger partial charge is 0.508 e. The lowest BCUT2D eigenvalue weighted by Crippen LogP contribution is -2.37. The summed E-state index contributed by atoms with van der Waals surface area (Å²) in [4.78, 5) is 27.0. The van der Waals surface area contributed by atoms with Gasteiger partial charge in [-0.3, -0.25) is 9.78 Å². The summed E-state index contributed by atoms with van der Waals surface area (Å²) in [6.45, 7) is 2.12. The van der Waals surface area contributed by atoms with Gasteiger partial charge in [-0.2, -0.15) is 10.1 Å². The maximum Gasteiger partial charge on any atom is 0.255 e. The van der Waals surface area contributed by atoms with Gasteiger partial charge in [0.15, 0.2) is 11.6 Å². The highest BCUT2D eigenvalue weighted by Crippen LogP contribution is 2.24. The third-order valence-electron chi connectivity index (χ3n) is 5.74. The van der Waals surface area contributed by atoms with Gasteiger partial charge in [-0.25, -0.2) is 14.8 Å².